The van der Waals surface area contributed by atoms with Gasteiger partial charge >= 0.3 is 0 Å². The van der Waals surface area contributed by atoms with Crippen molar-refractivity contribution in [1.29, 1.82) is 0 Å². The van der Waals surface area contributed by atoms with Gasteiger partial charge in [0.05, 0.1) is 6.04 Å². The van der Waals surface area contributed by atoms with Crippen molar-refractivity contribution in [2.45, 2.75) is 12.5 Å². The van der Waals surface area contributed by atoms with Crippen molar-refractivity contribution in [3.05, 3.63) is 29.8 Å². The van der Waals surface area contributed by atoms with Gasteiger partial charge in [0.15, 0.2) is 0 Å². The van der Waals surface area contributed by atoms with Crippen LogP contribution in [0.2, 0.25) is 0 Å². The van der Waals surface area contributed by atoms with E-state index in [4.69, 9.17) is 11.7 Å². The Morgan fingerprint density at radius 1 is 1.40 bits per heavy atom. The van der Waals surface area contributed by atoms with E-state index in [1.54, 1.807) is 18.2 Å². The Morgan fingerprint density at radius 3 is 2.60 bits per heavy atom. The van der Waals surface area contributed by atoms with Crippen LogP contribution in [0.5, 0.6) is 5.75 Å². The molecule has 0 saturated heterocycles. The fraction of sp³-hybridized carbons (Fsp3) is 0.222. The molecule has 1 amide bonds. The average molecular weight is 210 g/mol. The topological polar surface area (TPSA) is 113 Å². The van der Waals surface area contributed by atoms with Crippen LogP contribution < -0.4 is 22.5 Å². The first-order valence-corrected chi connectivity index (χ1v) is 4.42. The molecule has 0 aromatic heterocycles. The molecule has 1 rings (SSSR count). The van der Waals surface area contributed by atoms with Crippen molar-refractivity contribution in [2.24, 2.45) is 11.7 Å². The summed E-state index contributed by atoms with van der Waals surface area (Å²) >= 11 is 0. The number of hydrazine groups is 2. The lowest BCUT2D eigenvalue weighted by atomic mass is 10.0. The number of aromatic hydroxyl groups is 1. The van der Waals surface area contributed by atoms with Crippen molar-refractivity contribution >= 4 is 5.91 Å². The van der Waals surface area contributed by atoms with Crippen LogP contribution in [0, 0.1) is 0 Å². The molecule has 0 aliphatic carbocycles. The summed E-state index contributed by atoms with van der Waals surface area (Å²) in [6.07, 6.45) is 0.0601. The predicted molar refractivity (Wildman–Crippen MR) is 55.1 cm³/mol. The molecule has 0 unspecified atom stereocenters. The summed E-state index contributed by atoms with van der Waals surface area (Å²) in [5, 5.41) is 9.54. The minimum atomic E-state index is -0.463. The predicted octanol–water partition coefficient (Wildman–Crippen LogP) is -0.723. The van der Waals surface area contributed by atoms with Gasteiger partial charge in [0.25, 0.3) is 0 Å². The van der Waals surface area contributed by atoms with E-state index in [0.717, 1.165) is 0 Å². The van der Waals surface area contributed by atoms with Gasteiger partial charge in [-0.2, -0.15) is 0 Å². The van der Waals surface area contributed by atoms with Gasteiger partial charge in [-0.05, 0) is 6.07 Å². The number of phenols is 1. The SMILES string of the molecule is NNC(=O)C[C@H](NN)c1ccccc1O. The highest BCUT2D eigenvalue weighted by atomic mass is 16.3. The average Bonchev–Trinajstić information content (AvgIpc) is 2.26. The molecule has 7 N–H and O–H groups in total. The second kappa shape index (κ2) is 5.30. The molecule has 82 valence electrons. The summed E-state index contributed by atoms with van der Waals surface area (Å²) < 4.78 is 0. The second-order valence-electron chi connectivity index (χ2n) is 3.05. The minimum absolute atomic E-state index is 0.0601. The molecule has 1 atom stereocenters. The van der Waals surface area contributed by atoms with E-state index >= 15 is 0 Å². The number of para-hydroxylation sites is 1. The van der Waals surface area contributed by atoms with Crippen molar-refractivity contribution in [2.75, 3.05) is 0 Å². The van der Waals surface area contributed by atoms with Crippen LogP contribution in [-0.4, -0.2) is 11.0 Å². The smallest absolute Gasteiger partial charge is 0.235 e. The van der Waals surface area contributed by atoms with Gasteiger partial charge in [-0.25, -0.2) is 5.84 Å². The van der Waals surface area contributed by atoms with Crippen LogP contribution in [0.3, 0.4) is 0 Å². The van der Waals surface area contributed by atoms with Crippen LogP contribution in [0.1, 0.15) is 18.0 Å². The van der Waals surface area contributed by atoms with E-state index in [1.165, 1.54) is 6.07 Å². The standard InChI is InChI=1S/C9H14N4O2/c10-12-7(5-9(15)13-11)6-3-1-2-4-8(6)14/h1-4,7,12,14H,5,10-11H2,(H,13,15)/t7-/m0/s1. The Kier molecular flexibility index (Phi) is 4.04. The molecule has 0 bridgehead atoms. The van der Waals surface area contributed by atoms with Crippen molar-refractivity contribution < 1.29 is 9.90 Å². The maximum atomic E-state index is 11.1. The summed E-state index contributed by atoms with van der Waals surface area (Å²) in [5.74, 6) is 9.98. The lowest BCUT2D eigenvalue weighted by Crippen LogP contribution is -2.36. The lowest BCUT2D eigenvalue weighted by Gasteiger charge is -2.16. The molecule has 6 nitrogen and oxygen atoms in total. The number of hydrogen-bond donors (Lipinski definition) is 5. The molecular weight excluding hydrogens is 196 g/mol. The molecular formula is C9H14N4O2. The van der Waals surface area contributed by atoms with Gasteiger partial charge < -0.3 is 5.11 Å². The maximum absolute atomic E-state index is 11.1. The lowest BCUT2D eigenvalue weighted by molar-refractivity contribution is -0.121. The van der Waals surface area contributed by atoms with Crippen molar-refractivity contribution in [1.82, 2.24) is 10.9 Å². The molecule has 0 heterocycles. The van der Waals surface area contributed by atoms with Gasteiger partial charge in [-0.15, -0.1) is 0 Å². The molecule has 15 heavy (non-hydrogen) atoms. The highest BCUT2D eigenvalue weighted by Gasteiger charge is 2.16. The molecule has 1 aromatic carbocycles. The molecule has 0 fully saturated rings. The van der Waals surface area contributed by atoms with Crippen molar-refractivity contribution in [3.8, 4) is 5.75 Å². The summed E-state index contributed by atoms with van der Waals surface area (Å²) in [7, 11) is 0. The third-order valence-corrected chi connectivity index (χ3v) is 2.06. The number of nitrogens with one attached hydrogen (secondary N) is 2. The van der Waals surface area contributed by atoms with Crippen LogP contribution in [-0.2, 0) is 4.79 Å². The molecule has 1 aromatic rings. The fourth-order valence-corrected chi connectivity index (χ4v) is 1.29. The number of nitrogens with two attached hydrogens (primary N) is 2. The highest BCUT2D eigenvalue weighted by Crippen LogP contribution is 2.24. The van der Waals surface area contributed by atoms with E-state index in [0.29, 0.717) is 5.56 Å². The third-order valence-electron chi connectivity index (χ3n) is 2.06. The Balaban J connectivity index is 2.83. The molecule has 0 spiro atoms. The Hall–Kier alpha value is -1.63. The van der Waals surface area contributed by atoms with E-state index in [2.05, 4.69) is 5.43 Å². The van der Waals surface area contributed by atoms with Gasteiger partial charge in [0.2, 0.25) is 5.91 Å². The molecule has 6 heteroatoms. The first-order valence-electron chi connectivity index (χ1n) is 4.42. The molecule has 0 aliphatic heterocycles. The normalized spacial score (nSPS) is 12.1. The van der Waals surface area contributed by atoms with Crippen molar-refractivity contribution in [3.63, 3.8) is 0 Å². The van der Waals surface area contributed by atoms with Gasteiger partial charge in [0, 0.05) is 12.0 Å². The number of benzene rings is 1. The zero-order valence-electron chi connectivity index (χ0n) is 8.10. The first kappa shape index (κ1) is 11.4. The highest BCUT2D eigenvalue weighted by molar-refractivity contribution is 5.76. The fourth-order valence-electron chi connectivity index (χ4n) is 1.29. The number of phenolic OH excluding ortho intramolecular Hbond substituents is 1. The summed E-state index contributed by atoms with van der Waals surface area (Å²) in [5.41, 5.74) is 5.01. The number of amides is 1. The Labute approximate surface area is 87.2 Å². The summed E-state index contributed by atoms with van der Waals surface area (Å²) in [6.45, 7) is 0. The number of hydrogen-bond acceptors (Lipinski definition) is 5. The largest absolute Gasteiger partial charge is 0.508 e. The van der Waals surface area contributed by atoms with Crippen LogP contribution >= 0.6 is 0 Å². The number of carbonyl (C=O) groups excluding carboxylic acids is 1. The van der Waals surface area contributed by atoms with E-state index in [9.17, 15) is 9.90 Å². The molecule has 0 radical (unpaired) electrons. The van der Waals surface area contributed by atoms with E-state index in [-0.39, 0.29) is 18.1 Å². The van der Waals surface area contributed by atoms with Crippen LogP contribution in [0.4, 0.5) is 0 Å². The quantitative estimate of drug-likeness (QED) is 0.255. The third kappa shape index (κ3) is 2.91. The number of carbonyl (C=O) groups is 1. The minimum Gasteiger partial charge on any atom is -0.508 e. The van der Waals surface area contributed by atoms with E-state index < -0.39 is 6.04 Å². The molecule has 0 saturated carbocycles. The van der Waals surface area contributed by atoms with E-state index in [1.807, 2.05) is 5.43 Å². The summed E-state index contributed by atoms with van der Waals surface area (Å²) in [4.78, 5) is 11.1. The molecule has 0 aliphatic rings. The summed E-state index contributed by atoms with van der Waals surface area (Å²) in [6, 6.07) is 6.19. The second-order valence-corrected chi connectivity index (χ2v) is 3.05. The zero-order chi connectivity index (χ0) is 11.3. The zero-order valence-corrected chi connectivity index (χ0v) is 8.10. The monoisotopic (exact) mass is 210 g/mol. The Morgan fingerprint density at radius 2 is 2.07 bits per heavy atom. The number of rotatable bonds is 4. The van der Waals surface area contributed by atoms with Gasteiger partial charge in [-0.3, -0.25) is 21.5 Å². The van der Waals surface area contributed by atoms with Crippen LogP contribution in [0.15, 0.2) is 24.3 Å². The first-order chi connectivity index (χ1) is 7.19. The van der Waals surface area contributed by atoms with Crippen LogP contribution in [0.25, 0.3) is 0 Å². The Bertz CT molecular complexity index is 343. The maximum Gasteiger partial charge on any atom is 0.235 e. The van der Waals surface area contributed by atoms with Gasteiger partial charge in [-0.1, -0.05) is 18.2 Å². The van der Waals surface area contributed by atoms with Gasteiger partial charge in [0.1, 0.15) is 5.75 Å².